The summed E-state index contributed by atoms with van der Waals surface area (Å²) in [5.74, 6) is 0.423. The minimum absolute atomic E-state index is 0.178. The number of carbonyl (C=O) groups excluding carboxylic acids is 3. The van der Waals surface area contributed by atoms with Gasteiger partial charge in [-0.2, -0.15) is 5.10 Å². The van der Waals surface area contributed by atoms with E-state index in [-0.39, 0.29) is 11.9 Å². The van der Waals surface area contributed by atoms with Crippen molar-refractivity contribution in [3.05, 3.63) is 53.4 Å². The van der Waals surface area contributed by atoms with Crippen LogP contribution >= 0.6 is 0 Å². The molecular formula is C29H36N4O5. The molecule has 38 heavy (non-hydrogen) atoms. The molecule has 3 aliphatic rings. The molecule has 1 fully saturated rings. The molecule has 0 saturated heterocycles. The normalized spacial score (nSPS) is 19.2. The van der Waals surface area contributed by atoms with Crippen molar-refractivity contribution < 1.29 is 23.9 Å². The van der Waals surface area contributed by atoms with Gasteiger partial charge in [0.2, 0.25) is 5.91 Å². The van der Waals surface area contributed by atoms with Crippen LogP contribution in [0.15, 0.2) is 30.9 Å². The van der Waals surface area contributed by atoms with Crippen LogP contribution < -0.4 is 4.74 Å². The Balaban J connectivity index is 1.59. The molecule has 1 aromatic heterocycles. The first kappa shape index (κ1) is 26.0. The third kappa shape index (κ3) is 4.93. The summed E-state index contributed by atoms with van der Waals surface area (Å²) in [6.07, 6.45) is 5.48. The van der Waals surface area contributed by atoms with Gasteiger partial charge in [0, 0.05) is 45.0 Å². The van der Waals surface area contributed by atoms with E-state index in [1.54, 1.807) is 9.80 Å². The lowest BCUT2D eigenvalue weighted by Gasteiger charge is -2.38. The molecule has 0 unspecified atom stereocenters. The van der Waals surface area contributed by atoms with Crippen LogP contribution in [0.5, 0.6) is 5.75 Å². The van der Waals surface area contributed by atoms with Crippen molar-refractivity contribution in [1.29, 1.82) is 0 Å². The molecule has 9 nitrogen and oxygen atoms in total. The third-order valence-electron chi connectivity index (χ3n) is 7.57. The number of esters is 1. The maximum Gasteiger partial charge on any atom is 0.410 e. The van der Waals surface area contributed by atoms with Crippen molar-refractivity contribution in [3.63, 3.8) is 0 Å². The monoisotopic (exact) mass is 520 g/mol. The zero-order valence-corrected chi connectivity index (χ0v) is 22.7. The van der Waals surface area contributed by atoms with Gasteiger partial charge in [-0.3, -0.25) is 14.5 Å². The summed E-state index contributed by atoms with van der Waals surface area (Å²) < 4.78 is 13.3. The lowest BCUT2D eigenvalue weighted by Crippen LogP contribution is -2.47. The average molecular weight is 521 g/mol. The quantitative estimate of drug-likeness (QED) is 0.335. The van der Waals surface area contributed by atoms with Gasteiger partial charge in [0.05, 0.1) is 17.4 Å². The van der Waals surface area contributed by atoms with Crippen LogP contribution in [0, 0.1) is 0 Å². The van der Waals surface area contributed by atoms with Crippen LogP contribution in [0.4, 0.5) is 4.79 Å². The molecule has 2 amide bonds. The van der Waals surface area contributed by atoms with Gasteiger partial charge in [0.25, 0.3) is 0 Å². The van der Waals surface area contributed by atoms with Gasteiger partial charge in [-0.05, 0) is 63.3 Å². The largest absolute Gasteiger partial charge is 0.444 e. The number of hydrogen-bond acceptors (Lipinski definition) is 6. The minimum atomic E-state index is -0.646. The highest BCUT2D eigenvalue weighted by Gasteiger charge is 2.41. The Labute approximate surface area is 223 Å². The first-order valence-corrected chi connectivity index (χ1v) is 13.4. The molecule has 1 aromatic carbocycles. The first-order chi connectivity index (χ1) is 18.1. The molecule has 0 bridgehead atoms. The number of benzene rings is 1. The number of hydrogen-bond donors (Lipinski definition) is 0. The highest BCUT2D eigenvalue weighted by atomic mass is 16.6. The van der Waals surface area contributed by atoms with Crippen molar-refractivity contribution >= 4 is 18.0 Å². The van der Waals surface area contributed by atoms with E-state index >= 15 is 0 Å². The SMILES string of the molecule is C=CC(=O)N1CCc2nn(-c3ccc(C4CCC4)cc3OC(C)=O)c3c2[C@H](C1)N(C(=O)OC(C)(C)C)CC3. The Kier molecular flexibility index (Phi) is 6.79. The van der Waals surface area contributed by atoms with Crippen LogP contribution in [0.2, 0.25) is 0 Å². The van der Waals surface area contributed by atoms with Gasteiger partial charge in [-0.25, -0.2) is 9.48 Å². The van der Waals surface area contributed by atoms with Crippen LogP contribution in [-0.2, 0) is 27.2 Å². The van der Waals surface area contributed by atoms with E-state index in [0.29, 0.717) is 49.8 Å². The molecule has 9 heteroatoms. The second-order valence-electron chi connectivity index (χ2n) is 11.3. The lowest BCUT2D eigenvalue weighted by atomic mass is 9.80. The Bertz CT molecular complexity index is 1290. The molecule has 0 spiro atoms. The fourth-order valence-corrected chi connectivity index (χ4v) is 5.60. The molecule has 0 N–H and O–H groups in total. The summed E-state index contributed by atoms with van der Waals surface area (Å²) in [5.41, 5.74) is 3.96. The number of carbonyl (C=O) groups is 3. The van der Waals surface area contributed by atoms with E-state index in [1.165, 1.54) is 25.0 Å². The maximum atomic E-state index is 13.3. The molecule has 1 saturated carbocycles. The predicted octanol–water partition coefficient (Wildman–Crippen LogP) is 4.47. The van der Waals surface area contributed by atoms with Gasteiger partial charge in [-0.15, -0.1) is 0 Å². The molecule has 3 heterocycles. The van der Waals surface area contributed by atoms with Gasteiger partial charge < -0.3 is 14.4 Å². The van der Waals surface area contributed by atoms with Crippen LogP contribution in [0.1, 0.15) is 81.4 Å². The van der Waals surface area contributed by atoms with E-state index < -0.39 is 17.7 Å². The van der Waals surface area contributed by atoms with Crippen molar-refractivity contribution in [2.75, 3.05) is 19.6 Å². The topological polar surface area (TPSA) is 94.0 Å². The summed E-state index contributed by atoms with van der Waals surface area (Å²) in [5, 5.41) is 4.99. The minimum Gasteiger partial charge on any atom is -0.444 e. The van der Waals surface area contributed by atoms with E-state index in [0.717, 1.165) is 29.8 Å². The standard InChI is InChI=1S/C29H36N4O5/c1-6-26(35)31-14-12-21-27-23(13-15-32(24(27)17-31)28(36)38-29(3,4)5)33(30-21)22-11-10-20(19-8-7-9-19)16-25(22)37-18(2)34/h6,10-11,16,19,24H,1,7-9,12-15,17H2,2-5H3/t24-/m0/s1. The van der Waals surface area contributed by atoms with Crippen molar-refractivity contribution in [1.82, 2.24) is 19.6 Å². The summed E-state index contributed by atoms with van der Waals surface area (Å²) in [7, 11) is 0. The summed E-state index contributed by atoms with van der Waals surface area (Å²) in [6.45, 7) is 11.8. The first-order valence-electron chi connectivity index (χ1n) is 13.4. The molecule has 1 aliphatic carbocycles. The molecule has 2 aliphatic heterocycles. The average Bonchev–Trinajstić information content (AvgIpc) is 3.06. The van der Waals surface area contributed by atoms with Crippen molar-refractivity contribution in [3.8, 4) is 11.4 Å². The maximum absolute atomic E-state index is 13.3. The number of amides is 2. The fraction of sp³-hybridized carbons (Fsp3) is 0.517. The number of ether oxygens (including phenoxy) is 2. The Morgan fingerprint density at radius 2 is 1.89 bits per heavy atom. The second-order valence-corrected chi connectivity index (χ2v) is 11.3. The summed E-state index contributed by atoms with van der Waals surface area (Å²) in [6, 6.07) is 5.65. The molecule has 1 atom stereocenters. The smallest absolute Gasteiger partial charge is 0.410 e. The third-order valence-corrected chi connectivity index (χ3v) is 7.57. The molecule has 0 radical (unpaired) electrons. The zero-order valence-electron chi connectivity index (χ0n) is 22.7. The molecular weight excluding hydrogens is 484 g/mol. The van der Waals surface area contributed by atoms with Crippen molar-refractivity contribution in [2.24, 2.45) is 0 Å². The predicted molar refractivity (Wildman–Crippen MR) is 141 cm³/mol. The number of aromatic nitrogens is 2. The lowest BCUT2D eigenvalue weighted by molar-refractivity contribution is -0.132. The summed E-state index contributed by atoms with van der Waals surface area (Å²) >= 11 is 0. The van der Waals surface area contributed by atoms with E-state index in [4.69, 9.17) is 14.6 Å². The van der Waals surface area contributed by atoms with E-state index in [1.807, 2.05) is 37.6 Å². The van der Waals surface area contributed by atoms with Crippen LogP contribution in [-0.4, -0.2) is 62.8 Å². The highest BCUT2D eigenvalue weighted by Crippen LogP contribution is 2.41. The summed E-state index contributed by atoms with van der Waals surface area (Å²) in [4.78, 5) is 41.3. The van der Waals surface area contributed by atoms with E-state index in [2.05, 4.69) is 12.6 Å². The van der Waals surface area contributed by atoms with Gasteiger partial charge >= 0.3 is 12.1 Å². The van der Waals surface area contributed by atoms with Gasteiger partial charge in [0.15, 0.2) is 5.75 Å². The van der Waals surface area contributed by atoms with Crippen LogP contribution in [0.3, 0.4) is 0 Å². The molecule has 2 aromatic rings. The van der Waals surface area contributed by atoms with Gasteiger partial charge in [-0.1, -0.05) is 19.1 Å². The second kappa shape index (κ2) is 9.93. The van der Waals surface area contributed by atoms with Gasteiger partial charge in [0.1, 0.15) is 11.3 Å². The Morgan fingerprint density at radius 3 is 2.53 bits per heavy atom. The Morgan fingerprint density at radius 1 is 1.13 bits per heavy atom. The Hall–Kier alpha value is -3.62. The van der Waals surface area contributed by atoms with Crippen molar-refractivity contribution in [2.45, 2.75) is 77.4 Å². The number of rotatable bonds is 4. The fourth-order valence-electron chi connectivity index (χ4n) is 5.60. The number of nitrogens with zero attached hydrogens (tertiary/aromatic N) is 4. The molecule has 202 valence electrons. The molecule has 5 rings (SSSR count). The van der Waals surface area contributed by atoms with E-state index in [9.17, 15) is 14.4 Å². The zero-order chi connectivity index (χ0) is 27.2. The highest BCUT2D eigenvalue weighted by molar-refractivity contribution is 5.87. The van der Waals surface area contributed by atoms with Crippen LogP contribution in [0.25, 0.3) is 5.69 Å².